The molecule has 0 amide bonds. The van der Waals surface area contributed by atoms with E-state index >= 15 is 0 Å². The summed E-state index contributed by atoms with van der Waals surface area (Å²) in [5.74, 6) is 1.44. The van der Waals surface area contributed by atoms with Crippen LogP contribution in [0, 0.1) is 11.3 Å². The lowest BCUT2D eigenvalue weighted by Gasteiger charge is -2.10. The summed E-state index contributed by atoms with van der Waals surface area (Å²) >= 11 is 0. The van der Waals surface area contributed by atoms with E-state index in [-0.39, 0.29) is 0 Å². The molecule has 0 radical (unpaired) electrons. The number of hydrogen-bond acceptors (Lipinski definition) is 4. The Morgan fingerprint density at radius 3 is 1.95 bits per heavy atom. The third kappa shape index (κ3) is 3.17. The molecule has 0 fully saturated rings. The molecule has 19 heavy (non-hydrogen) atoms. The van der Waals surface area contributed by atoms with Crippen molar-refractivity contribution in [3.05, 3.63) is 48.0 Å². The maximum absolute atomic E-state index is 8.75. The molecule has 1 N–H and O–H groups in total. The van der Waals surface area contributed by atoms with Crippen molar-refractivity contribution in [2.45, 2.75) is 0 Å². The van der Waals surface area contributed by atoms with E-state index in [1.54, 1.807) is 26.4 Å². The maximum Gasteiger partial charge on any atom is 0.124 e. The molecule has 4 heteroatoms. The molecule has 0 spiro atoms. The topological polar surface area (TPSA) is 54.3 Å². The Kier molecular flexibility index (Phi) is 3.89. The van der Waals surface area contributed by atoms with Crippen molar-refractivity contribution in [3.8, 4) is 17.6 Å². The number of nitrogens with zero attached hydrogens (tertiary/aromatic N) is 1. The fourth-order valence-electron chi connectivity index (χ4n) is 1.67. The van der Waals surface area contributed by atoms with Gasteiger partial charge in [-0.3, -0.25) is 0 Å². The molecule has 0 saturated heterocycles. The first-order valence-corrected chi connectivity index (χ1v) is 5.75. The van der Waals surface area contributed by atoms with Crippen LogP contribution >= 0.6 is 0 Å². The van der Waals surface area contributed by atoms with Crippen LogP contribution in [0.15, 0.2) is 42.5 Å². The van der Waals surface area contributed by atoms with Gasteiger partial charge in [0.05, 0.1) is 25.9 Å². The number of nitriles is 1. The maximum atomic E-state index is 8.75. The third-order valence-corrected chi connectivity index (χ3v) is 2.65. The lowest BCUT2D eigenvalue weighted by molar-refractivity contribution is 0.395. The van der Waals surface area contributed by atoms with Crippen LogP contribution in [-0.2, 0) is 0 Å². The van der Waals surface area contributed by atoms with Crippen LogP contribution in [0.25, 0.3) is 0 Å². The van der Waals surface area contributed by atoms with E-state index in [4.69, 9.17) is 14.7 Å². The lowest BCUT2D eigenvalue weighted by atomic mass is 10.2. The molecule has 0 bridgehead atoms. The Balaban J connectivity index is 2.24. The Morgan fingerprint density at radius 2 is 1.47 bits per heavy atom. The quantitative estimate of drug-likeness (QED) is 0.909. The fraction of sp³-hybridized carbons (Fsp3) is 0.133. The fourth-order valence-corrected chi connectivity index (χ4v) is 1.67. The Labute approximate surface area is 112 Å². The second-order valence-electron chi connectivity index (χ2n) is 3.92. The molecule has 2 rings (SSSR count). The Bertz CT molecular complexity index is 578. The molecule has 0 unspecified atom stereocenters. The summed E-state index contributed by atoms with van der Waals surface area (Å²) in [6.07, 6.45) is 0. The van der Waals surface area contributed by atoms with Crippen molar-refractivity contribution in [1.29, 1.82) is 5.26 Å². The smallest absolute Gasteiger partial charge is 0.124 e. The van der Waals surface area contributed by atoms with E-state index < -0.39 is 0 Å². The van der Waals surface area contributed by atoms with Crippen molar-refractivity contribution in [2.24, 2.45) is 0 Å². The largest absolute Gasteiger partial charge is 0.497 e. The van der Waals surface area contributed by atoms with Gasteiger partial charge in [0, 0.05) is 29.6 Å². The molecule has 0 aromatic heterocycles. The van der Waals surface area contributed by atoms with E-state index in [1.807, 2.05) is 30.3 Å². The van der Waals surface area contributed by atoms with Crippen LogP contribution in [0.3, 0.4) is 0 Å². The highest BCUT2D eigenvalue weighted by molar-refractivity contribution is 5.64. The van der Waals surface area contributed by atoms with E-state index in [1.165, 1.54) is 0 Å². The van der Waals surface area contributed by atoms with Crippen molar-refractivity contribution < 1.29 is 9.47 Å². The molecule has 0 aliphatic carbocycles. The molecule has 0 heterocycles. The van der Waals surface area contributed by atoms with Gasteiger partial charge in [0.2, 0.25) is 0 Å². The Morgan fingerprint density at radius 1 is 0.895 bits per heavy atom. The van der Waals surface area contributed by atoms with Crippen LogP contribution in [0.1, 0.15) is 5.56 Å². The summed E-state index contributed by atoms with van der Waals surface area (Å²) in [5, 5.41) is 12.0. The summed E-state index contributed by atoms with van der Waals surface area (Å²) in [6.45, 7) is 0. The van der Waals surface area contributed by atoms with Crippen molar-refractivity contribution in [1.82, 2.24) is 0 Å². The Hall–Kier alpha value is -2.67. The van der Waals surface area contributed by atoms with Gasteiger partial charge in [-0.25, -0.2) is 0 Å². The molecular weight excluding hydrogens is 240 g/mol. The normalized spacial score (nSPS) is 9.53. The summed E-state index contributed by atoms with van der Waals surface area (Å²) < 4.78 is 10.4. The number of nitrogens with one attached hydrogen (secondary N) is 1. The van der Waals surface area contributed by atoms with Gasteiger partial charge in [0.1, 0.15) is 11.5 Å². The van der Waals surface area contributed by atoms with Gasteiger partial charge in [-0.05, 0) is 24.3 Å². The van der Waals surface area contributed by atoms with Gasteiger partial charge < -0.3 is 14.8 Å². The zero-order chi connectivity index (χ0) is 13.7. The number of methoxy groups -OCH3 is 2. The molecule has 4 nitrogen and oxygen atoms in total. The highest BCUT2D eigenvalue weighted by Gasteiger charge is 2.02. The predicted molar refractivity (Wildman–Crippen MR) is 74.0 cm³/mol. The monoisotopic (exact) mass is 254 g/mol. The zero-order valence-electron chi connectivity index (χ0n) is 10.8. The second kappa shape index (κ2) is 5.78. The number of ether oxygens (including phenoxy) is 2. The van der Waals surface area contributed by atoms with Gasteiger partial charge in [0.25, 0.3) is 0 Å². The van der Waals surface area contributed by atoms with E-state index in [2.05, 4.69) is 11.4 Å². The lowest BCUT2D eigenvalue weighted by Crippen LogP contribution is -1.93. The van der Waals surface area contributed by atoms with Crippen molar-refractivity contribution >= 4 is 11.4 Å². The molecule has 0 atom stereocenters. The highest BCUT2D eigenvalue weighted by atomic mass is 16.5. The summed E-state index contributed by atoms with van der Waals surface area (Å²) in [5.41, 5.74) is 2.39. The van der Waals surface area contributed by atoms with Crippen LogP contribution in [0.5, 0.6) is 11.5 Å². The number of rotatable bonds is 4. The van der Waals surface area contributed by atoms with E-state index in [0.29, 0.717) is 5.56 Å². The average Bonchev–Trinajstić information content (AvgIpc) is 2.47. The van der Waals surface area contributed by atoms with Crippen molar-refractivity contribution in [2.75, 3.05) is 19.5 Å². The number of anilines is 2. The zero-order valence-corrected chi connectivity index (χ0v) is 10.8. The summed E-state index contributed by atoms with van der Waals surface area (Å²) in [4.78, 5) is 0. The van der Waals surface area contributed by atoms with Crippen LogP contribution in [0.2, 0.25) is 0 Å². The molecule has 0 aliphatic heterocycles. The first-order chi connectivity index (χ1) is 9.25. The number of benzene rings is 2. The average molecular weight is 254 g/mol. The minimum absolute atomic E-state index is 0.633. The van der Waals surface area contributed by atoms with Crippen LogP contribution < -0.4 is 14.8 Å². The van der Waals surface area contributed by atoms with Gasteiger partial charge in [-0.15, -0.1) is 0 Å². The van der Waals surface area contributed by atoms with Crippen LogP contribution in [-0.4, -0.2) is 14.2 Å². The van der Waals surface area contributed by atoms with Gasteiger partial charge in [-0.1, -0.05) is 0 Å². The summed E-state index contributed by atoms with van der Waals surface area (Å²) in [7, 11) is 3.22. The minimum Gasteiger partial charge on any atom is -0.497 e. The van der Waals surface area contributed by atoms with E-state index in [0.717, 1.165) is 22.9 Å². The molecule has 0 saturated carbocycles. The minimum atomic E-state index is 0.633. The summed E-state index contributed by atoms with van der Waals surface area (Å²) in [6, 6.07) is 14.9. The molecule has 2 aromatic carbocycles. The highest BCUT2D eigenvalue weighted by Crippen LogP contribution is 2.28. The van der Waals surface area contributed by atoms with E-state index in [9.17, 15) is 0 Å². The van der Waals surface area contributed by atoms with Crippen molar-refractivity contribution in [3.63, 3.8) is 0 Å². The number of hydrogen-bond donors (Lipinski definition) is 1. The first kappa shape index (κ1) is 12.8. The predicted octanol–water partition coefficient (Wildman–Crippen LogP) is 3.32. The SMILES string of the molecule is COc1cc(Nc2ccc(C#N)cc2)cc(OC)c1. The second-order valence-corrected chi connectivity index (χ2v) is 3.92. The molecule has 2 aromatic rings. The standard InChI is InChI=1S/C15H14N2O2/c1-18-14-7-13(8-15(9-14)19-2)17-12-5-3-11(10-16)4-6-12/h3-9,17H,1-2H3. The van der Waals surface area contributed by atoms with Crippen LogP contribution in [0.4, 0.5) is 11.4 Å². The molecule has 96 valence electrons. The molecule has 0 aliphatic rings. The third-order valence-electron chi connectivity index (χ3n) is 2.65. The molecular formula is C15H14N2O2. The van der Waals surface area contributed by atoms with Gasteiger partial charge >= 0.3 is 0 Å². The van der Waals surface area contributed by atoms with Gasteiger partial charge in [0.15, 0.2) is 0 Å². The van der Waals surface area contributed by atoms with Gasteiger partial charge in [-0.2, -0.15) is 5.26 Å². The first-order valence-electron chi connectivity index (χ1n) is 5.75.